The van der Waals surface area contributed by atoms with Crippen LogP contribution in [0.1, 0.15) is 39.2 Å². The lowest BCUT2D eigenvalue weighted by atomic mass is 9.89. The van der Waals surface area contributed by atoms with Crippen LogP contribution in [0.2, 0.25) is 0 Å². The zero-order valence-electron chi connectivity index (χ0n) is 17.4. The fourth-order valence-corrected chi connectivity index (χ4v) is 2.89. The van der Waals surface area contributed by atoms with Crippen LogP contribution in [0.25, 0.3) is 0 Å². The van der Waals surface area contributed by atoms with Gasteiger partial charge in [-0.1, -0.05) is 32.0 Å². The van der Waals surface area contributed by atoms with Crippen molar-refractivity contribution in [3.63, 3.8) is 0 Å². The van der Waals surface area contributed by atoms with Crippen LogP contribution in [0.5, 0.6) is 0 Å². The first-order valence-corrected chi connectivity index (χ1v) is 9.17. The number of carbonyl (C=O) groups excluding carboxylic acids is 2. The second kappa shape index (κ2) is 9.77. The van der Waals surface area contributed by atoms with E-state index in [1.54, 1.807) is 19.9 Å². The molecule has 0 radical (unpaired) electrons. The van der Waals surface area contributed by atoms with Gasteiger partial charge in [0, 0.05) is 11.6 Å². The third-order valence-corrected chi connectivity index (χ3v) is 4.17. The van der Waals surface area contributed by atoms with Crippen molar-refractivity contribution in [3.8, 4) is 0 Å². The Hall–Kier alpha value is -3.56. The Balaban J connectivity index is 2.55. The van der Waals surface area contributed by atoms with Gasteiger partial charge in [0.15, 0.2) is 0 Å². The van der Waals surface area contributed by atoms with Gasteiger partial charge in [-0.2, -0.15) is 0 Å². The summed E-state index contributed by atoms with van der Waals surface area (Å²) in [5.74, 6) is -0.946. The van der Waals surface area contributed by atoms with Gasteiger partial charge in [0.2, 0.25) is 0 Å². The zero-order valence-corrected chi connectivity index (χ0v) is 17.4. The molecule has 2 rings (SSSR count). The minimum atomic E-state index is -1.06. The number of nitro groups is 1. The zero-order chi connectivity index (χ0) is 22.4. The molecule has 0 aromatic heterocycles. The van der Waals surface area contributed by atoms with Crippen LogP contribution in [-0.2, 0) is 18.9 Å². The molecule has 10 nitrogen and oxygen atoms in total. The van der Waals surface area contributed by atoms with E-state index in [0.717, 1.165) is 7.11 Å². The third kappa shape index (κ3) is 5.28. The predicted octanol–water partition coefficient (Wildman–Crippen LogP) is 4.34. The van der Waals surface area contributed by atoms with Gasteiger partial charge >= 0.3 is 12.3 Å². The molecule has 1 heterocycles. The standard InChI is InChI=1S/C20H24N2O8/c1-11(2)10-28-20(24)30-18-13(4)21-12(3)17(29-19(23)27-5)16(18)14-8-6-7-9-15(14)22(25)26/h6-9,11,16,21H,10H2,1-5H3. The highest BCUT2D eigenvalue weighted by Gasteiger charge is 2.38. The first-order valence-electron chi connectivity index (χ1n) is 9.17. The molecule has 1 N–H and O–H groups in total. The van der Waals surface area contributed by atoms with Crippen LogP contribution in [0.3, 0.4) is 0 Å². The number of benzene rings is 1. The molecule has 0 amide bonds. The lowest BCUT2D eigenvalue weighted by Gasteiger charge is -2.30. The number of nitrogens with one attached hydrogen (secondary N) is 1. The highest BCUT2D eigenvalue weighted by Crippen LogP contribution is 2.42. The van der Waals surface area contributed by atoms with Gasteiger partial charge in [-0.3, -0.25) is 10.1 Å². The molecular formula is C20H24N2O8. The van der Waals surface area contributed by atoms with Gasteiger partial charge in [-0.15, -0.1) is 0 Å². The van der Waals surface area contributed by atoms with Crippen LogP contribution in [0.15, 0.2) is 47.2 Å². The van der Waals surface area contributed by atoms with Crippen molar-refractivity contribution in [1.29, 1.82) is 0 Å². The van der Waals surface area contributed by atoms with Crippen molar-refractivity contribution in [2.45, 2.75) is 33.6 Å². The third-order valence-electron chi connectivity index (χ3n) is 4.17. The molecule has 0 saturated carbocycles. The molecule has 1 aromatic carbocycles. The summed E-state index contributed by atoms with van der Waals surface area (Å²) in [6, 6.07) is 5.91. The van der Waals surface area contributed by atoms with Gasteiger partial charge < -0.3 is 24.3 Å². The average molecular weight is 420 g/mol. The summed E-state index contributed by atoms with van der Waals surface area (Å²) < 4.78 is 20.3. The van der Waals surface area contributed by atoms with Crippen LogP contribution >= 0.6 is 0 Å². The maximum absolute atomic E-state index is 12.2. The molecule has 1 aliphatic heterocycles. The maximum Gasteiger partial charge on any atom is 0.513 e. The van der Waals surface area contributed by atoms with Crippen molar-refractivity contribution in [2.75, 3.05) is 13.7 Å². The summed E-state index contributed by atoms with van der Waals surface area (Å²) >= 11 is 0. The SMILES string of the molecule is COC(=O)OC1=C(C)NC(C)=C(OC(=O)OCC(C)C)C1c1ccccc1[N+](=O)[O-]. The number of ether oxygens (including phenoxy) is 4. The molecule has 1 aliphatic rings. The lowest BCUT2D eigenvalue weighted by molar-refractivity contribution is -0.385. The van der Waals surface area contributed by atoms with Gasteiger partial charge in [0.05, 0.1) is 30.0 Å². The van der Waals surface area contributed by atoms with E-state index in [9.17, 15) is 19.7 Å². The van der Waals surface area contributed by atoms with Crippen LogP contribution in [-0.4, -0.2) is 31.0 Å². The quantitative estimate of drug-likeness (QED) is 0.406. The van der Waals surface area contributed by atoms with Crippen molar-refractivity contribution < 1.29 is 33.5 Å². The predicted molar refractivity (Wildman–Crippen MR) is 105 cm³/mol. The normalized spacial score (nSPS) is 16.1. The second-order valence-corrected chi connectivity index (χ2v) is 6.97. The molecule has 0 saturated heterocycles. The van der Waals surface area contributed by atoms with E-state index in [0.29, 0.717) is 11.4 Å². The number of carbonyl (C=O) groups is 2. The number of hydrogen-bond donors (Lipinski definition) is 1. The molecule has 0 fully saturated rings. The van der Waals surface area contributed by atoms with Crippen molar-refractivity contribution >= 4 is 18.0 Å². The summed E-state index contributed by atoms with van der Waals surface area (Å²) in [6.45, 7) is 7.12. The monoisotopic (exact) mass is 420 g/mol. The van der Waals surface area contributed by atoms with Crippen molar-refractivity contribution in [2.24, 2.45) is 5.92 Å². The van der Waals surface area contributed by atoms with E-state index in [1.807, 2.05) is 13.8 Å². The second-order valence-electron chi connectivity index (χ2n) is 6.97. The van der Waals surface area contributed by atoms with E-state index in [1.165, 1.54) is 18.2 Å². The minimum absolute atomic E-state index is 0.00779. The summed E-state index contributed by atoms with van der Waals surface area (Å²) in [5.41, 5.74) is 0.763. The first kappa shape index (κ1) is 22.7. The van der Waals surface area contributed by atoms with Crippen LogP contribution < -0.4 is 5.32 Å². The largest absolute Gasteiger partial charge is 0.513 e. The van der Waals surface area contributed by atoms with Crippen LogP contribution in [0.4, 0.5) is 15.3 Å². The van der Waals surface area contributed by atoms with Gasteiger partial charge in [0.1, 0.15) is 17.4 Å². The van der Waals surface area contributed by atoms with Gasteiger partial charge in [-0.05, 0) is 19.8 Å². The Morgan fingerprint density at radius 1 is 1.10 bits per heavy atom. The van der Waals surface area contributed by atoms with E-state index in [4.69, 9.17) is 14.2 Å². The number of methoxy groups -OCH3 is 1. The topological polar surface area (TPSA) is 126 Å². The summed E-state index contributed by atoms with van der Waals surface area (Å²) in [6.07, 6.45) is -1.99. The Morgan fingerprint density at radius 2 is 1.67 bits per heavy atom. The fourth-order valence-electron chi connectivity index (χ4n) is 2.89. The van der Waals surface area contributed by atoms with E-state index in [-0.39, 0.29) is 35.3 Å². The highest BCUT2D eigenvalue weighted by atomic mass is 16.7. The van der Waals surface area contributed by atoms with Crippen molar-refractivity contribution in [1.82, 2.24) is 5.32 Å². The number of nitrogens with zero attached hydrogens (tertiary/aromatic N) is 1. The van der Waals surface area contributed by atoms with Crippen molar-refractivity contribution in [3.05, 3.63) is 62.9 Å². The molecule has 30 heavy (non-hydrogen) atoms. The van der Waals surface area contributed by atoms with Gasteiger partial charge in [-0.25, -0.2) is 9.59 Å². The Morgan fingerprint density at radius 3 is 2.20 bits per heavy atom. The Labute approximate surface area is 173 Å². The molecule has 1 atom stereocenters. The lowest BCUT2D eigenvalue weighted by Crippen LogP contribution is -2.29. The molecule has 162 valence electrons. The van der Waals surface area contributed by atoms with Crippen LogP contribution in [0, 0.1) is 16.0 Å². The highest BCUT2D eigenvalue weighted by molar-refractivity contribution is 5.65. The smallest absolute Gasteiger partial charge is 0.437 e. The number of allylic oxidation sites excluding steroid dienone is 2. The molecule has 10 heteroatoms. The molecule has 0 spiro atoms. The summed E-state index contributed by atoms with van der Waals surface area (Å²) in [4.78, 5) is 35.1. The number of nitro benzene ring substituents is 1. The maximum atomic E-state index is 12.2. The molecule has 1 unspecified atom stereocenters. The molecular weight excluding hydrogens is 396 g/mol. The first-order chi connectivity index (χ1) is 14.1. The Kier molecular flexibility index (Phi) is 7.40. The Bertz CT molecular complexity index is 904. The summed E-state index contributed by atoms with van der Waals surface area (Å²) in [5, 5.41) is 14.6. The number of para-hydroxylation sites is 1. The summed E-state index contributed by atoms with van der Waals surface area (Å²) in [7, 11) is 1.14. The fraction of sp³-hybridized carbons (Fsp3) is 0.400. The number of hydrogen-bond acceptors (Lipinski definition) is 9. The molecule has 0 bridgehead atoms. The minimum Gasteiger partial charge on any atom is -0.437 e. The number of rotatable bonds is 6. The van der Waals surface area contributed by atoms with E-state index >= 15 is 0 Å². The molecule has 0 aliphatic carbocycles. The van der Waals surface area contributed by atoms with E-state index < -0.39 is 23.2 Å². The van der Waals surface area contributed by atoms with Gasteiger partial charge in [0.25, 0.3) is 5.69 Å². The molecule has 1 aromatic rings. The number of dihydropyridines is 1. The van der Waals surface area contributed by atoms with E-state index in [2.05, 4.69) is 10.1 Å². The average Bonchev–Trinajstić information content (AvgIpc) is 2.69.